The molecule has 0 aliphatic carbocycles. The molecule has 1 saturated heterocycles. The van der Waals surface area contributed by atoms with Gasteiger partial charge in [0.1, 0.15) is 5.57 Å². The molecule has 7 nitrogen and oxygen atoms in total. The molecule has 2 amide bonds. The van der Waals surface area contributed by atoms with Gasteiger partial charge in [-0.3, -0.25) is 15.0 Å². The first-order valence-corrected chi connectivity index (χ1v) is 8.77. The van der Waals surface area contributed by atoms with Crippen LogP contribution in [0.5, 0.6) is 5.75 Å². The van der Waals surface area contributed by atoms with Gasteiger partial charge in [0.05, 0.1) is 22.8 Å². The number of anilines is 1. The smallest absolute Gasteiger partial charge is 0.343 e. The largest absolute Gasteiger partial charge is 0.479 e. The molecule has 28 heavy (non-hydrogen) atoms. The summed E-state index contributed by atoms with van der Waals surface area (Å²) in [5.41, 5.74) is 3.39. The zero-order valence-electron chi connectivity index (χ0n) is 14.6. The molecule has 0 spiro atoms. The van der Waals surface area contributed by atoms with Gasteiger partial charge in [0.2, 0.25) is 0 Å². The van der Waals surface area contributed by atoms with Gasteiger partial charge in [0.25, 0.3) is 11.8 Å². The average molecular weight is 421 g/mol. The number of hydrogen-bond acceptors (Lipinski definition) is 5. The van der Waals surface area contributed by atoms with Crippen LogP contribution in [0.25, 0.3) is 6.08 Å². The van der Waals surface area contributed by atoms with Gasteiger partial charge in [0.15, 0.2) is 12.4 Å². The van der Waals surface area contributed by atoms with Crippen molar-refractivity contribution in [1.29, 1.82) is 0 Å². The topological polar surface area (TPSA) is 84.9 Å². The number of halogens is 2. The molecule has 0 unspecified atom stereocenters. The molecule has 0 atom stereocenters. The van der Waals surface area contributed by atoms with E-state index in [1.165, 1.54) is 25.3 Å². The molecule has 2 aromatic carbocycles. The first-order valence-electron chi connectivity index (χ1n) is 8.01. The van der Waals surface area contributed by atoms with Crippen LogP contribution in [0, 0.1) is 0 Å². The van der Waals surface area contributed by atoms with Crippen LogP contribution in [0.4, 0.5) is 5.69 Å². The number of para-hydroxylation sites is 1. The summed E-state index contributed by atoms with van der Waals surface area (Å²) in [6.07, 6.45) is 1.38. The number of amides is 2. The molecule has 1 aliphatic rings. The molecular formula is C19H14Cl2N2O5. The summed E-state index contributed by atoms with van der Waals surface area (Å²) in [6.45, 7) is -0.358. The monoisotopic (exact) mass is 420 g/mol. The third-order valence-electron chi connectivity index (χ3n) is 3.80. The van der Waals surface area contributed by atoms with Crippen LogP contribution in [0.3, 0.4) is 0 Å². The quantitative estimate of drug-likeness (QED) is 0.456. The summed E-state index contributed by atoms with van der Waals surface area (Å²) in [4.78, 5) is 36.0. The Kier molecular flexibility index (Phi) is 5.87. The maximum atomic E-state index is 12.6. The number of nitrogens with zero attached hydrogens (tertiary/aromatic N) is 1. The van der Waals surface area contributed by atoms with Crippen molar-refractivity contribution in [3.8, 4) is 5.75 Å². The van der Waals surface area contributed by atoms with Gasteiger partial charge in [-0.05, 0) is 35.9 Å². The minimum atomic E-state index is -0.590. The Morgan fingerprint density at radius 2 is 1.79 bits per heavy atom. The molecule has 0 bridgehead atoms. The van der Waals surface area contributed by atoms with Gasteiger partial charge >= 0.3 is 5.97 Å². The van der Waals surface area contributed by atoms with Gasteiger partial charge in [-0.2, -0.15) is 0 Å². The fourth-order valence-electron chi connectivity index (χ4n) is 2.47. The SMILES string of the molecule is COC(=O)COc1c(Cl)cc(/C=C2/C(=O)NN(c3ccccc3)C2=O)cc1Cl. The van der Waals surface area contributed by atoms with Crippen LogP contribution >= 0.6 is 23.2 Å². The van der Waals surface area contributed by atoms with Gasteiger partial charge < -0.3 is 9.47 Å². The Balaban J connectivity index is 1.86. The van der Waals surface area contributed by atoms with Gasteiger partial charge in [-0.1, -0.05) is 41.4 Å². The number of benzene rings is 2. The third-order valence-corrected chi connectivity index (χ3v) is 4.36. The van der Waals surface area contributed by atoms with Crippen molar-refractivity contribution >= 4 is 52.7 Å². The van der Waals surface area contributed by atoms with E-state index in [1.807, 2.05) is 0 Å². The minimum Gasteiger partial charge on any atom is -0.479 e. The molecule has 0 saturated carbocycles. The highest BCUT2D eigenvalue weighted by Crippen LogP contribution is 2.35. The lowest BCUT2D eigenvalue weighted by atomic mass is 10.1. The van der Waals surface area contributed by atoms with Gasteiger partial charge in [-0.15, -0.1) is 0 Å². The van der Waals surface area contributed by atoms with Gasteiger partial charge in [-0.25, -0.2) is 9.80 Å². The third kappa shape index (κ3) is 4.11. The molecule has 0 aromatic heterocycles. The Bertz CT molecular complexity index is 953. The molecule has 1 heterocycles. The summed E-state index contributed by atoms with van der Waals surface area (Å²) >= 11 is 12.3. The predicted molar refractivity (Wildman–Crippen MR) is 104 cm³/mol. The molecule has 1 N–H and O–H groups in total. The van der Waals surface area contributed by atoms with E-state index in [4.69, 9.17) is 27.9 Å². The first-order chi connectivity index (χ1) is 13.4. The highest BCUT2D eigenvalue weighted by molar-refractivity contribution is 6.37. The molecule has 2 aromatic rings. The van der Waals surface area contributed by atoms with Crippen LogP contribution in [0.2, 0.25) is 10.0 Å². The zero-order valence-corrected chi connectivity index (χ0v) is 16.1. The minimum absolute atomic E-state index is 0.0702. The van der Waals surface area contributed by atoms with Crippen molar-refractivity contribution in [2.24, 2.45) is 0 Å². The predicted octanol–water partition coefficient (Wildman–Crippen LogP) is 3.01. The molecule has 1 aliphatic heterocycles. The lowest BCUT2D eigenvalue weighted by Gasteiger charge is -2.13. The highest BCUT2D eigenvalue weighted by Gasteiger charge is 2.34. The first kappa shape index (κ1) is 19.7. The van der Waals surface area contributed by atoms with Gasteiger partial charge in [0, 0.05) is 0 Å². The standard InChI is InChI=1S/C19H14Cl2N2O5/c1-27-16(24)10-28-17-14(20)8-11(9-15(17)21)7-13-18(25)22-23(19(13)26)12-5-3-2-4-6-12/h2-9H,10H2,1H3,(H,22,25)/b13-7-. The number of carbonyl (C=O) groups excluding carboxylic acids is 3. The number of rotatable bonds is 5. The maximum Gasteiger partial charge on any atom is 0.343 e. The number of hydrazine groups is 1. The van der Waals surface area contributed by atoms with E-state index in [0.717, 1.165) is 5.01 Å². The second-order valence-electron chi connectivity index (χ2n) is 5.65. The number of hydrogen-bond donors (Lipinski definition) is 1. The molecular weight excluding hydrogens is 407 g/mol. The Hall–Kier alpha value is -3.03. The van der Waals surface area contributed by atoms with E-state index in [1.54, 1.807) is 30.3 Å². The van der Waals surface area contributed by atoms with E-state index >= 15 is 0 Å². The Labute approximate surface area is 170 Å². The average Bonchev–Trinajstić information content (AvgIpc) is 2.96. The number of nitrogens with one attached hydrogen (secondary N) is 1. The molecule has 3 rings (SSSR count). The zero-order chi connectivity index (χ0) is 20.3. The van der Waals surface area contributed by atoms with Crippen molar-refractivity contribution in [2.45, 2.75) is 0 Å². The summed E-state index contributed by atoms with van der Waals surface area (Å²) < 4.78 is 9.74. The Morgan fingerprint density at radius 1 is 1.14 bits per heavy atom. The van der Waals surface area contributed by atoms with E-state index < -0.39 is 17.8 Å². The molecule has 1 fully saturated rings. The van der Waals surface area contributed by atoms with Crippen molar-refractivity contribution < 1.29 is 23.9 Å². The van der Waals surface area contributed by atoms with Crippen LogP contribution in [-0.2, 0) is 19.1 Å². The number of carbonyl (C=O) groups is 3. The van der Waals surface area contributed by atoms with E-state index in [-0.39, 0.29) is 28.0 Å². The summed E-state index contributed by atoms with van der Waals surface area (Å²) in [7, 11) is 1.23. The van der Waals surface area contributed by atoms with Crippen LogP contribution in [-0.4, -0.2) is 31.5 Å². The van der Waals surface area contributed by atoms with Crippen molar-refractivity contribution in [3.63, 3.8) is 0 Å². The lowest BCUT2D eigenvalue weighted by Crippen LogP contribution is -2.35. The number of esters is 1. The molecule has 0 radical (unpaired) electrons. The fraction of sp³-hybridized carbons (Fsp3) is 0.105. The lowest BCUT2D eigenvalue weighted by molar-refractivity contribution is -0.142. The maximum absolute atomic E-state index is 12.6. The second kappa shape index (κ2) is 8.33. The van der Waals surface area contributed by atoms with E-state index in [9.17, 15) is 14.4 Å². The normalized spacial score (nSPS) is 15.0. The molecule has 9 heteroatoms. The van der Waals surface area contributed by atoms with Crippen LogP contribution < -0.4 is 15.2 Å². The Morgan fingerprint density at radius 3 is 2.39 bits per heavy atom. The van der Waals surface area contributed by atoms with E-state index in [2.05, 4.69) is 10.2 Å². The summed E-state index contributed by atoms with van der Waals surface area (Å²) in [6, 6.07) is 11.6. The fourth-order valence-corrected chi connectivity index (χ4v) is 3.09. The van der Waals surface area contributed by atoms with Crippen molar-refractivity contribution in [2.75, 3.05) is 18.7 Å². The van der Waals surface area contributed by atoms with Crippen LogP contribution in [0.15, 0.2) is 48.0 Å². The van der Waals surface area contributed by atoms with Crippen molar-refractivity contribution in [3.05, 3.63) is 63.6 Å². The van der Waals surface area contributed by atoms with E-state index in [0.29, 0.717) is 11.3 Å². The van der Waals surface area contributed by atoms with Crippen LogP contribution in [0.1, 0.15) is 5.56 Å². The summed E-state index contributed by atoms with van der Waals surface area (Å²) in [5.74, 6) is -1.54. The second-order valence-corrected chi connectivity index (χ2v) is 6.47. The molecule has 144 valence electrons. The highest BCUT2D eigenvalue weighted by atomic mass is 35.5. The van der Waals surface area contributed by atoms with Crippen molar-refractivity contribution in [1.82, 2.24) is 5.43 Å². The summed E-state index contributed by atoms with van der Waals surface area (Å²) in [5, 5.41) is 1.40. The number of ether oxygens (including phenoxy) is 2. The number of methoxy groups -OCH3 is 1.